The van der Waals surface area contributed by atoms with Gasteiger partial charge in [-0.15, -0.1) is 0 Å². The van der Waals surface area contributed by atoms with Crippen LogP contribution in [-0.2, 0) is 21.4 Å². The first-order chi connectivity index (χ1) is 12.2. The fraction of sp³-hybridized carbons (Fsp3) is 0.294. The largest absolute Gasteiger partial charge is 0.467 e. The summed E-state index contributed by atoms with van der Waals surface area (Å²) in [4.78, 5) is 24.5. The lowest BCUT2D eigenvalue weighted by atomic mass is 10.1. The predicted octanol–water partition coefficient (Wildman–Crippen LogP) is 0.931. The molecule has 1 unspecified atom stereocenters. The summed E-state index contributed by atoms with van der Waals surface area (Å²) in [5, 5.41) is 5.21. The molecule has 1 atom stereocenters. The van der Waals surface area contributed by atoms with Gasteiger partial charge >= 0.3 is 0 Å². The van der Waals surface area contributed by atoms with Crippen LogP contribution in [0.3, 0.4) is 0 Å². The number of hydrogen-bond acceptors (Lipinski definition) is 5. The van der Waals surface area contributed by atoms with Crippen LogP contribution in [0.15, 0.2) is 45.9 Å². The Balaban J connectivity index is 2.06. The van der Waals surface area contributed by atoms with Crippen LogP contribution in [0, 0.1) is 6.92 Å². The van der Waals surface area contributed by atoms with E-state index in [1.807, 2.05) is 0 Å². The van der Waals surface area contributed by atoms with Crippen molar-refractivity contribution in [1.82, 2.24) is 15.4 Å². The highest BCUT2D eigenvalue weighted by molar-refractivity contribution is 7.89. The molecule has 2 amide bonds. The van der Waals surface area contributed by atoms with E-state index in [4.69, 9.17) is 4.42 Å². The van der Waals surface area contributed by atoms with Gasteiger partial charge in [0.2, 0.25) is 15.9 Å². The van der Waals surface area contributed by atoms with Crippen molar-refractivity contribution in [3.63, 3.8) is 0 Å². The predicted molar refractivity (Wildman–Crippen MR) is 94.9 cm³/mol. The van der Waals surface area contributed by atoms with Crippen LogP contribution in [-0.4, -0.2) is 33.3 Å². The number of nitrogens with one attached hydrogen (secondary N) is 3. The molecule has 0 bridgehead atoms. The second-order valence-electron chi connectivity index (χ2n) is 5.68. The molecule has 26 heavy (non-hydrogen) atoms. The van der Waals surface area contributed by atoms with Gasteiger partial charge in [0.15, 0.2) is 0 Å². The van der Waals surface area contributed by atoms with E-state index in [0.717, 1.165) is 0 Å². The lowest BCUT2D eigenvalue weighted by Crippen LogP contribution is -2.44. The van der Waals surface area contributed by atoms with E-state index in [0.29, 0.717) is 11.3 Å². The number of rotatable bonds is 7. The molecule has 1 heterocycles. The molecule has 0 aliphatic carbocycles. The third kappa shape index (κ3) is 4.70. The molecule has 0 aliphatic heterocycles. The van der Waals surface area contributed by atoms with Gasteiger partial charge in [-0.25, -0.2) is 13.1 Å². The fourth-order valence-electron chi connectivity index (χ4n) is 2.21. The summed E-state index contributed by atoms with van der Waals surface area (Å²) in [6, 6.07) is 6.87. The molecular formula is C17H21N3O5S. The number of sulfonamides is 1. The summed E-state index contributed by atoms with van der Waals surface area (Å²) >= 11 is 0. The van der Waals surface area contributed by atoms with E-state index in [2.05, 4.69) is 15.4 Å². The van der Waals surface area contributed by atoms with Crippen molar-refractivity contribution in [3.8, 4) is 0 Å². The third-order valence-electron chi connectivity index (χ3n) is 3.79. The summed E-state index contributed by atoms with van der Waals surface area (Å²) in [5.74, 6) is -0.319. The molecule has 9 heteroatoms. The van der Waals surface area contributed by atoms with Crippen LogP contribution in [0.25, 0.3) is 0 Å². The minimum Gasteiger partial charge on any atom is -0.467 e. The highest BCUT2D eigenvalue weighted by Gasteiger charge is 2.20. The maximum Gasteiger partial charge on any atom is 0.252 e. The Morgan fingerprint density at radius 1 is 1.23 bits per heavy atom. The van der Waals surface area contributed by atoms with Gasteiger partial charge < -0.3 is 15.1 Å². The molecular weight excluding hydrogens is 358 g/mol. The van der Waals surface area contributed by atoms with Gasteiger partial charge in [0.05, 0.1) is 17.7 Å². The Hall–Kier alpha value is -2.65. The quantitative estimate of drug-likeness (QED) is 0.662. The van der Waals surface area contributed by atoms with Gasteiger partial charge in [-0.3, -0.25) is 9.59 Å². The Kier molecular flexibility index (Phi) is 6.17. The number of benzene rings is 1. The molecule has 2 rings (SSSR count). The van der Waals surface area contributed by atoms with Crippen LogP contribution in [0.5, 0.6) is 0 Å². The average molecular weight is 379 g/mol. The van der Waals surface area contributed by atoms with Crippen LogP contribution in [0.1, 0.15) is 28.6 Å². The van der Waals surface area contributed by atoms with E-state index in [-0.39, 0.29) is 22.9 Å². The number of carbonyl (C=O) groups is 2. The zero-order valence-electron chi connectivity index (χ0n) is 14.7. The van der Waals surface area contributed by atoms with Crippen LogP contribution < -0.4 is 15.4 Å². The summed E-state index contributed by atoms with van der Waals surface area (Å²) in [6.07, 6.45) is 1.50. The van der Waals surface area contributed by atoms with Crippen molar-refractivity contribution in [2.45, 2.75) is 31.3 Å². The van der Waals surface area contributed by atoms with Crippen molar-refractivity contribution < 1.29 is 22.4 Å². The van der Waals surface area contributed by atoms with E-state index < -0.39 is 22.0 Å². The molecule has 0 radical (unpaired) electrons. The lowest BCUT2D eigenvalue weighted by molar-refractivity contribution is -0.122. The van der Waals surface area contributed by atoms with Crippen molar-refractivity contribution in [2.24, 2.45) is 0 Å². The fourth-order valence-corrected chi connectivity index (χ4v) is 2.97. The van der Waals surface area contributed by atoms with Gasteiger partial charge in [-0.1, -0.05) is 6.07 Å². The van der Waals surface area contributed by atoms with Crippen LogP contribution in [0.2, 0.25) is 0 Å². The van der Waals surface area contributed by atoms with E-state index in [1.54, 1.807) is 32.0 Å². The summed E-state index contributed by atoms with van der Waals surface area (Å²) in [7, 11) is -2.38. The molecule has 0 fully saturated rings. The average Bonchev–Trinajstić information content (AvgIpc) is 3.13. The molecule has 0 saturated carbocycles. The molecule has 3 N–H and O–H groups in total. The molecule has 1 aromatic carbocycles. The summed E-state index contributed by atoms with van der Waals surface area (Å²) in [5.41, 5.74) is 0.785. The van der Waals surface area contributed by atoms with Gasteiger partial charge in [0, 0.05) is 5.56 Å². The zero-order chi connectivity index (χ0) is 19.3. The first kappa shape index (κ1) is 19.7. The lowest BCUT2D eigenvalue weighted by Gasteiger charge is -2.15. The van der Waals surface area contributed by atoms with Crippen LogP contribution in [0.4, 0.5) is 0 Å². The second-order valence-corrected chi connectivity index (χ2v) is 7.56. The number of carbonyl (C=O) groups excluding carboxylic acids is 2. The molecule has 140 valence electrons. The maximum absolute atomic E-state index is 12.5. The molecule has 8 nitrogen and oxygen atoms in total. The van der Waals surface area contributed by atoms with Gasteiger partial charge in [-0.2, -0.15) is 0 Å². The number of amides is 2. The first-order valence-corrected chi connectivity index (χ1v) is 9.38. The molecule has 0 spiro atoms. The Labute approximate surface area is 152 Å². The highest BCUT2D eigenvalue weighted by atomic mass is 32.2. The minimum absolute atomic E-state index is 0.0225. The van der Waals surface area contributed by atoms with Crippen molar-refractivity contribution in [1.29, 1.82) is 0 Å². The Morgan fingerprint density at radius 2 is 1.96 bits per heavy atom. The van der Waals surface area contributed by atoms with Gasteiger partial charge in [0.25, 0.3) is 5.91 Å². The number of hydrogen-bond donors (Lipinski definition) is 3. The monoisotopic (exact) mass is 379 g/mol. The van der Waals surface area contributed by atoms with E-state index >= 15 is 0 Å². The maximum atomic E-state index is 12.5. The highest BCUT2D eigenvalue weighted by Crippen LogP contribution is 2.15. The van der Waals surface area contributed by atoms with Gasteiger partial charge in [-0.05, 0) is 50.7 Å². The summed E-state index contributed by atoms with van der Waals surface area (Å²) in [6.45, 7) is 3.44. The normalized spacial score (nSPS) is 12.4. The Morgan fingerprint density at radius 3 is 2.58 bits per heavy atom. The van der Waals surface area contributed by atoms with Crippen LogP contribution >= 0.6 is 0 Å². The standard InChI is InChI=1S/C17H21N3O5S/c1-11-6-7-14(26(23,24)18-3)9-15(11)17(22)20-12(2)16(21)19-10-13-5-4-8-25-13/h4-9,12,18H,10H2,1-3H3,(H,19,21)(H,20,22). The third-order valence-corrected chi connectivity index (χ3v) is 5.20. The summed E-state index contributed by atoms with van der Waals surface area (Å²) < 4.78 is 31.1. The van der Waals surface area contributed by atoms with E-state index in [1.165, 1.54) is 25.4 Å². The number of aryl methyl sites for hydroxylation is 1. The topological polar surface area (TPSA) is 118 Å². The molecule has 0 aliphatic rings. The minimum atomic E-state index is -3.67. The SMILES string of the molecule is CNS(=O)(=O)c1ccc(C)c(C(=O)NC(C)C(=O)NCc2ccco2)c1. The second kappa shape index (κ2) is 8.15. The molecule has 1 aromatic heterocycles. The van der Waals surface area contributed by atoms with E-state index in [9.17, 15) is 18.0 Å². The smallest absolute Gasteiger partial charge is 0.252 e. The van der Waals surface area contributed by atoms with Crippen molar-refractivity contribution in [2.75, 3.05) is 7.05 Å². The van der Waals surface area contributed by atoms with Crippen molar-refractivity contribution >= 4 is 21.8 Å². The van der Waals surface area contributed by atoms with Crippen molar-refractivity contribution in [3.05, 3.63) is 53.5 Å². The first-order valence-electron chi connectivity index (χ1n) is 7.89. The zero-order valence-corrected chi connectivity index (χ0v) is 15.5. The number of furan rings is 1. The molecule has 0 saturated heterocycles. The van der Waals surface area contributed by atoms with Gasteiger partial charge in [0.1, 0.15) is 11.8 Å². The molecule has 2 aromatic rings. The Bertz CT molecular complexity index is 891.